The second kappa shape index (κ2) is 6.62. The molecule has 0 spiro atoms. The maximum atomic E-state index is 12.3. The lowest BCUT2D eigenvalue weighted by Crippen LogP contribution is -2.44. The molecule has 6 nitrogen and oxygen atoms in total. The summed E-state index contributed by atoms with van der Waals surface area (Å²) in [5.41, 5.74) is 6.33. The van der Waals surface area contributed by atoms with Gasteiger partial charge < -0.3 is 19.9 Å². The summed E-state index contributed by atoms with van der Waals surface area (Å²) in [6.07, 6.45) is -1.28. The van der Waals surface area contributed by atoms with Gasteiger partial charge in [-0.05, 0) is 36.8 Å². The van der Waals surface area contributed by atoms with Crippen molar-refractivity contribution in [3.05, 3.63) is 59.7 Å². The first-order valence-corrected chi connectivity index (χ1v) is 7.52. The normalized spacial score (nSPS) is 18.7. The number of esters is 1. The first-order valence-electron chi connectivity index (χ1n) is 7.52. The monoisotopic (exact) mass is 327 g/mol. The Bertz CT molecular complexity index is 756. The molecule has 2 unspecified atom stereocenters. The lowest BCUT2D eigenvalue weighted by atomic mass is 10.1. The molecule has 0 aliphatic carbocycles. The molecule has 124 valence electrons. The molecule has 0 bridgehead atoms. The summed E-state index contributed by atoms with van der Waals surface area (Å²) in [6, 6.07) is 13.7. The number of amides is 1. The van der Waals surface area contributed by atoms with E-state index < -0.39 is 24.1 Å². The number of hydrogen-bond acceptors (Lipinski definition) is 5. The van der Waals surface area contributed by atoms with Crippen molar-refractivity contribution in [1.29, 1.82) is 0 Å². The van der Waals surface area contributed by atoms with E-state index in [1.165, 1.54) is 0 Å². The summed E-state index contributed by atoms with van der Waals surface area (Å²) >= 11 is 0. The quantitative estimate of drug-likeness (QED) is 0.869. The molecule has 0 aromatic heterocycles. The third-order valence-electron chi connectivity index (χ3n) is 3.69. The molecule has 0 saturated carbocycles. The fraction of sp³-hybridized carbons (Fsp3) is 0.222. The van der Waals surface area contributed by atoms with Crippen LogP contribution in [0.1, 0.15) is 22.8 Å². The van der Waals surface area contributed by atoms with Gasteiger partial charge in [-0.1, -0.05) is 24.3 Å². The van der Waals surface area contributed by atoms with Gasteiger partial charge in [0.15, 0.2) is 11.5 Å². The fourth-order valence-corrected chi connectivity index (χ4v) is 2.38. The SMILES string of the molecule is CC1Oc2ccccc2OC1C(=O)OCc1ccc(C(N)=O)cc1. The van der Waals surface area contributed by atoms with E-state index in [1.54, 1.807) is 49.4 Å². The second-order valence-corrected chi connectivity index (χ2v) is 5.48. The number of carbonyl (C=O) groups excluding carboxylic acids is 2. The zero-order valence-corrected chi connectivity index (χ0v) is 13.1. The van der Waals surface area contributed by atoms with Gasteiger partial charge in [0.2, 0.25) is 12.0 Å². The van der Waals surface area contributed by atoms with E-state index in [2.05, 4.69) is 0 Å². The van der Waals surface area contributed by atoms with Gasteiger partial charge in [0.1, 0.15) is 12.7 Å². The summed E-state index contributed by atoms with van der Waals surface area (Å²) < 4.78 is 16.7. The number of carbonyl (C=O) groups is 2. The van der Waals surface area contributed by atoms with Crippen molar-refractivity contribution >= 4 is 11.9 Å². The average Bonchev–Trinajstić information content (AvgIpc) is 2.59. The van der Waals surface area contributed by atoms with Crippen LogP contribution in [0.15, 0.2) is 48.5 Å². The van der Waals surface area contributed by atoms with E-state index in [0.717, 1.165) is 5.56 Å². The molecule has 1 amide bonds. The summed E-state index contributed by atoms with van der Waals surface area (Å²) in [5, 5.41) is 0. The highest BCUT2D eigenvalue weighted by Gasteiger charge is 2.35. The highest BCUT2D eigenvalue weighted by molar-refractivity contribution is 5.92. The van der Waals surface area contributed by atoms with Crippen LogP contribution >= 0.6 is 0 Å². The van der Waals surface area contributed by atoms with Crippen molar-refractivity contribution in [2.45, 2.75) is 25.7 Å². The third kappa shape index (κ3) is 3.32. The molecular formula is C18H17NO5. The Morgan fingerprint density at radius 1 is 1.04 bits per heavy atom. The first-order chi connectivity index (χ1) is 11.5. The summed E-state index contributed by atoms with van der Waals surface area (Å²) in [4.78, 5) is 23.3. The van der Waals surface area contributed by atoms with E-state index in [0.29, 0.717) is 17.1 Å². The van der Waals surface area contributed by atoms with Crippen molar-refractivity contribution in [2.75, 3.05) is 0 Å². The lowest BCUT2D eigenvalue weighted by molar-refractivity contribution is -0.159. The third-order valence-corrected chi connectivity index (χ3v) is 3.69. The van der Waals surface area contributed by atoms with Gasteiger partial charge in [0.25, 0.3) is 0 Å². The zero-order valence-electron chi connectivity index (χ0n) is 13.1. The van der Waals surface area contributed by atoms with Crippen molar-refractivity contribution < 1.29 is 23.8 Å². The molecular weight excluding hydrogens is 310 g/mol. The molecule has 0 saturated heterocycles. The van der Waals surface area contributed by atoms with Crippen molar-refractivity contribution in [3.63, 3.8) is 0 Å². The Hall–Kier alpha value is -3.02. The van der Waals surface area contributed by atoms with Crippen molar-refractivity contribution in [3.8, 4) is 11.5 Å². The molecule has 0 fully saturated rings. The molecule has 0 radical (unpaired) electrons. The van der Waals surface area contributed by atoms with E-state index in [-0.39, 0.29) is 6.61 Å². The Kier molecular flexibility index (Phi) is 4.37. The Balaban J connectivity index is 1.62. The number of benzene rings is 2. The van der Waals surface area contributed by atoms with Gasteiger partial charge in [-0.2, -0.15) is 0 Å². The second-order valence-electron chi connectivity index (χ2n) is 5.48. The van der Waals surface area contributed by atoms with Crippen LogP contribution < -0.4 is 15.2 Å². The molecule has 2 aromatic carbocycles. The topological polar surface area (TPSA) is 87.8 Å². The molecule has 6 heteroatoms. The number of hydrogen-bond donors (Lipinski definition) is 1. The molecule has 2 atom stereocenters. The molecule has 1 aliphatic rings. The summed E-state index contributed by atoms with van der Waals surface area (Å²) in [6.45, 7) is 1.83. The van der Waals surface area contributed by atoms with Gasteiger partial charge in [0.05, 0.1) is 0 Å². The number of fused-ring (bicyclic) bond motifs is 1. The number of para-hydroxylation sites is 2. The maximum Gasteiger partial charge on any atom is 0.351 e. The molecule has 3 rings (SSSR count). The van der Waals surface area contributed by atoms with Crippen LogP contribution in [0.25, 0.3) is 0 Å². The number of rotatable bonds is 4. The Labute approximate surface area is 139 Å². The first kappa shape index (κ1) is 15.9. The van der Waals surface area contributed by atoms with Crippen LogP contribution in [-0.2, 0) is 16.1 Å². The lowest BCUT2D eigenvalue weighted by Gasteiger charge is -2.30. The standard InChI is InChI=1S/C18H17NO5/c1-11-16(24-15-5-3-2-4-14(15)23-11)18(21)22-10-12-6-8-13(9-7-12)17(19)20/h2-9,11,16H,10H2,1H3,(H2,19,20). The average molecular weight is 327 g/mol. The smallest absolute Gasteiger partial charge is 0.351 e. The van der Waals surface area contributed by atoms with Gasteiger partial charge in [-0.15, -0.1) is 0 Å². The molecule has 2 aromatic rings. The van der Waals surface area contributed by atoms with Gasteiger partial charge in [-0.3, -0.25) is 4.79 Å². The summed E-state index contributed by atoms with van der Waals surface area (Å²) in [5.74, 6) is 0.120. The van der Waals surface area contributed by atoms with Crippen LogP contribution in [0, 0.1) is 0 Å². The van der Waals surface area contributed by atoms with Crippen molar-refractivity contribution in [1.82, 2.24) is 0 Å². The number of nitrogens with two attached hydrogens (primary N) is 1. The van der Waals surface area contributed by atoms with Crippen molar-refractivity contribution in [2.24, 2.45) is 5.73 Å². The predicted molar refractivity (Wildman–Crippen MR) is 85.7 cm³/mol. The zero-order chi connectivity index (χ0) is 17.1. The molecule has 24 heavy (non-hydrogen) atoms. The van der Waals surface area contributed by atoms with E-state index in [9.17, 15) is 9.59 Å². The van der Waals surface area contributed by atoms with E-state index in [1.807, 2.05) is 6.07 Å². The van der Waals surface area contributed by atoms with Crippen LogP contribution in [0.2, 0.25) is 0 Å². The highest BCUT2D eigenvalue weighted by atomic mass is 16.6. The van der Waals surface area contributed by atoms with Gasteiger partial charge >= 0.3 is 5.97 Å². The Morgan fingerprint density at radius 2 is 1.67 bits per heavy atom. The van der Waals surface area contributed by atoms with Gasteiger partial charge in [-0.25, -0.2) is 4.79 Å². The highest BCUT2D eigenvalue weighted by Crippen LogP contribution is 2.33. The van der Waals surface area contributed by atoms with Crippen LogP contribution in [-0.4, -0.2) is 24.1 Å². The predicted octanol–water partition coefficient (Wildman–Crippen LogP) is 2.06. The number of primary amides is 1. The Morgan fingerprint density at radius 3 is 2.29 bits per heavy atom. The van der Waals surface area contributed by atoms with Crippen LogP contribution in [0.3, 0.4) is 0 Å². The minimum Gasteiger partial charge on any atom is -0.482 e. The minimum absolute atomic E-state index is 0.0755. The number of ether oxygens (including phenoxy) is 3. The van der Waals surface area contributed by atoms with E-state index >= 15 is 0 Å². The van der Waals surface area contributed by atoms with Gasteiger partial charge in [0, 0.05) is 5.56 Å². The molecule has 1 aliphatic heterocycles. The fourth-order valence-electron chi connectivity index (χ4n) is 2.38. The molecule has 2 N–H and O–H groups in total. The minimum atomic E-state index is -0.829. The maximum absolute atomic E-state index is 12.3. The largest absolute Gasteiger partial charge is 0.482 e. The van der Waals surface area contributed by atoms with Crippen LogP contribution in [0.5, 0.6) is 11.5 Å². The van der Waals surface area contributed by atoms with Crippen LogP contribution in [0.4, 0.5) is 0 Å². The summed E-state index contributed by atoms with van der Waals surface area (Å²) in [7, 11) is 0. The van der Waals surface area contributed by atoms with E-state index in [4.69, 9.17) is 19.9 Å². The molecule has 1 heterocycles.